The van der Waals surface area contributed by atoms with Crippen LogP contribution in [-0.2, 0) is 7.05 Å². The van der Waals surface area contributed by atoms with Crippen LogP contribution in [0.1, 0.15) is 0 Å². The number of aryl methyl sites for hydroxylation is 1. The van der Waals surface area contributed by atoms with Gasteiger partial charge in [0, 0.05) is 24.4 Å². The number of phenolic OH excluding ortho intramolecular Hbond substituents is 1. The fraction of sp³-hybridized carbons (Fsp3) is 0.0625. The summed E-state index contributed by atoms with van der Waals surface area (Å²) in [6.45, 7) is 0. The van der Waals surface area contributed by atoms with Crippen molar-refractivity contribution in [1.29, 1.82) is 0 Å². The Morgan fingerprint density at radius 3 is 2.73 bits per heavy atom. The molecule has 6 heteroatoms. The van der Waals surface area contributed by atoms with Crippen LogP contribution in [-0.4, -0.2) is 29.5 Å². The molecule has 0 spiro atoms. The van der Waals surface area contributed by atoms with Crippen LogP contribution >= 0.6 is 0 Å². The summed E-state index contributed by atoms with van der Waals surface area (Å²) < 4.78 is 3.52. The molecule has 108 valence electrons. The van der Waals surface area contributed by atoms with Gasteiger partial charge in [0.2, 0.25) is 0 Å². The van der Waals surface area contributed by atoms with Gasteiger partial charge in [-0.05, 0) is 24.3 Å². The average molecular weight is 291 g/mol. The van der Waals surface area contributed by atoms with Crippen LogP contribution in [0.15, 0.2) is 55.0 Å². The first-order valence-electron chi connectivity index (χ1n) is 6.84. The largest absolute Gasteiger partial charge is 0.508 e. The highest BCUT2D eigenvalue weighted by Gasteiger charge is 2.10. The molecule has 1 aromatic carbocycles. The van der Waals surface area contributed by atoms with Crippen LogP contribution in [0, 0.1) is 0 Å². The molecule has 0 saturated heterocycles. The topological polar surface area (TPSA) is 68.2 Å². The minimum Gasteiger partial charge on any atom is -0.508 e. The molecule has 0 amide bonds. The van der Waals surface area contributed by atoms with E-state index in [0.717, 1.165) is 28.2 Å². The lowest BCUT2D eigenvalue weighted by Gasteiger charge is -2.03. The SMILES string of the molecule is Cn1cc(-c2ccc3ncc(-c4cccc(O)c4)n3n2)cn1. The van der Waals surface area contributed by atoms with E-state index < -0.39 is 0 Å². The predicted molar refractivity (Wildman–Crippen MR) is 82.3 cm³/mol. The molecule has 0 aliphatic carbocycles. The second kappa shape index (κ2) is 4.70. The Kier molecular flexibility index (Phi) is 2.69. The zero-order valence-electron chi connectivity index (χ0n) is 11.9. The van der Waals surface area contributed by atoms with Crippen LogP contribution in [0.4, 0.5) is 0 Å². The van der Waals surface area contributed by atoms with Crippen molar-refractivity contribution in [2.24, 2.45) is 7.05 Å². The van der Waals surface area contributed by atoms with Crippen LogP contribution in [0.3, 0.4) is 0 Å². The number of fused-ring (bicyclic) bond motifs is 1. The Balaban J connectivity index is 1.90. The third-order valence-electron chi connectivity index (χ3n) is 3.50. The van der Waals surface area contributed by atoms with E-state index in [4.69, 9.17) is 0 Å². The van der Waals surface area contributed by atoms with E-state index in [1.807, 2.05) is 31.4 Å². The van der Waals surface area contributed by atoms with E-state index in [1.54, 1.807) is 39.8 Å². The molecule has 1 N–H and O–H groups in total. The zero-order valence-corrected chi connectivity index (χ0v) is 11.9. The number of hydrogen-bond donors (Lipinski definition) is 1. The van der Waals surface area contributed by atoms with Crippen LogP contribution < -0.4 is 0 Å². The molecule has 3 heterocycles. The summed E-state index contributed by atoms with van der Waals surface area (Å²) in [5.74, 6) is 0.218. The van der Waals surface area contributed by atoms with E-state index in [2.05, 4.69) is 15.2 Å². The summed E-state index contributed by atoms with van der Waals surface area (Å²) in [4.78, 5) is 4.36. The molecule has 22 heavy (non-hydrogen) atoms. The van der Waals surface area contributed by atoms with E-state index >= 15 is 0 Å². The van der Waals surface area contributed by atoms with E-state index in [9.17, 15) is 5.11 Å². The van der Waals surface area contributed by atoms with Gasteiger partial charge in [-0.25, -0.2) is 9.50 Å². The van der Waals surface area contributed by atoms with Crippen LogP contribution in [0.2, 0.25) is 0 Å². The molecule has 4 rings (SSSR count). The Hall–Kier alpha value is -3.15. The number of benzene rings is 1. The van der Waals surface area contributed by atoms with Crippen molar-refractivity contribution in [3.05, 3.63) is 55.0 Å². The summed E-state index contributed by atoms with van der Waals surface area (Å²) >= 11 is 0. The van der Waals surface area contributed by atoms with E-state index in [-0.39, 0.29) is 5.75 Å². The van der Waals surface area contributed by atoms with Crippen LogP contribution in [0.5, 0.6) is 5.75 Å². The van der Waals surface area contributed by atoms with Crippen molar-refractivity contribution in [2.75, 3.05) is 0 Å². The van der Waals surface area contributed by atoms with Gasteiger partial charge < -0.3 is 5.11 Å². The fourth-order valence-corrected chi connectivity index (χ4v) is 2.44. The number of hydrogen-bond acceptors (Lipinski definition) is 4. The molecule has 0 aliphatic rings. The number of imidazole rings is 1. The number of rotatable bonds is 2. The van der Waals surface area contributed by atoms with Gasteiger partial charge >= 0.3 is 0 Å². The Morgan fingerprint density at radius 2 is 1.95 bits per heavy atom. The third-order valence-corrected chi connectivity index (χ3v) is 3.50. The zero-order chi connectivity index (χ0) is 15.1. The lowest BCUT2D eigenvalue weighted by Crippen LogP contribution is -1.96. The maximum atomic E-state index is 9.66. The van der Waals surface area contributed by atoms with Gasteiger partial charge in [-0.1, -0.05) is 12.1 Å². The van der Waals surface area contributed by atoms with Crippen molar-refractivity contribution in [2.45, 2.75) is 0 Å². The van der Waals surface area contributed by atoms with Crippen LogP contribution in [0.25, 0.3) is 28.2 Å². The highest BCUT2D eigenvalue weighted by molar-refractivity contribution is 5.66. The Labute approximate surface area is 126 Å². The molecule has 0 bridgehead atoms. The smallest absolute Gasteiger partial charge is 0.154 e. The van der Waals surface area contributed by atoms with E-state index in [0.29, 0.717) is 0 Å². The molecule has 0 radical (unpaired) electrons. The molecule has 0 aliphatic heterocycles. The highest BCUT2D eigenvalue weighted by atomic mass is 16.3. The number of phenols is 1. The molecule has 0 atom stereocenters. The van der Waals surface area contributed by atoms with Crippen molar-refractivity contribution >= 4 is 5.65 Å². The predicted octanol–water partition coefficient (Wildman–Crippen LogP) is 2.50. The molecule has 0 saturated carbocycles. The second-order valence-electron chi connectivity index (χ2n) is 5.09. The average Bonchev–Trinajstić information content (AvgIpc) is 3.12. The first kappa shape index (κ1) is 12.6. The van der Waals surface area contributed by atoms with Gasteiger partial charge in [0.25, 0.3) is 0 Å². The summed E-state index contributed by atoms with van der Waals surface area (Å²) in [5, 5.41) is 18.5. The first-order chi connectivity index (χ1) is 10.7. The molecular formula is C16H13N5O. The van der Waals surface area contributed by atoms with Gasteiger partial charge in [-0.2, -0.15) is 10.2 Å². The number of aromatic nitrogens is 5. The van der Waals surface area contributed by atoms with Gasteiger partial charge in [0.1, 0.15) is 5.75 Å². The molecule has 0 unspecified atom stereocenters. The molecule has 3 aromatic heterocycles. The quantitative estimate of drug-likeness (QED) is 0.616. The fourth-order valence-electron chi connectivity index (χ4n) is 2.44. The maximum absolute atomic E-state index is 9.66. The van der Waals surface area contributed by atoms with Crippen molar-refractivity contribution in [3.63, 3.8) is 0 Å². The van der Waals surface area contributed by atoms with Crippen molar-refractivity contribution in [1.82, 2.24) is 24.4 Å². The number of nitrogens with zero attached hydrogens (tertiary/aromatic N) is 5. The summed E-state index contributed by atoms with van der Waals surface area (Å²) in [6.07, 6.45) is 5.45. The van der Waals surface area contributed by atoms with Crippen molar-refractivity contribution < 1.29 is 5.11 Å². The first-order valence-corrected chi connectivity index (χ1v) is 6.84. The van der Waals surface area contributed by atoms with Gasteiger partial charge in [-0.3, -0.25) is 4.68 Å². The second-order valence-corrected chi connectivity index (χ2v) is 5.09. The third kappa shape index (κ3) is 2.01. The Morgan fingerprint density at radius 1 is 1.05 bits per heavy atom. The van der Waals surface area contributed by atoms with Gasteiger partial charge in [0.15, 0.2) is 5.65 Å². The monoisotopic (exact) mass is 291 g/mol. The van der Waals surface area contributed by atoms with E-state index in [1.165, 1.54) is 0 Å². The lowest BCUT2D eigenvalue weighted by atomic mass is 10.1. The summed E-state index contributed by atoms with van der Waals surface area (Å²) in [5.41, 5.74) is 4.21. The molecular weight excluding hydrogens is 278 g/mol. The highest BCUT2D eigenvalue weighted by Crippen LogP contribution is 2.25. The Bertz CT molecular complexity index is 970. The molecule has 6 nitrogen and oxygen atoms in total. The molecule has 0 fully saturated rings. The maximum Gasteiger partial charge on any atom is 0.154 e. The van der Waals surface area contributed by atoms with Crippen molar-refractivity contribution in [3.8, 4) is 28.3 Å². The van der Waals surface area contributed by atoms with Gasteiger partial charge in [0.05, 0.1) is 23.8 Å². The molecule has 4 aromatic rings. The summed E-state index contributed by atoms with van der Waals surface area (Å²) in [7, 11) is 1.87. The minimum absolute atomic E-state index is 0.218. The minimum atomic E-state index is 0.218. The normalized spacial score (nSPS) is 11.1. The summed E-state index contributed by atoms with van der Waals surface area (Å²) in [6, 6.07) is 10.9. The standard InChI is InChI=1S/C16H13N5O/c1-20-10-12(8-18-20)14-5-6-16-17-9-15(21(16)19-14)11-3-2-4-13(22)7-11/h2-10,22H,1H3. The number of aromatic hydroxyl groups is 1. The van der Waals surface area contributed by atoms with Gasteiger partial charge in [-0.15, -0.1) is 0 Å². The lowest BCUT2D eigenvalue weighted by molar-refractivity contribution is 0.475.